The Bertz CT molecular complexity index is 556. The van der Waals surface area contributed by atoms with Gasteiger partial charge >= 0.3 is 0 Å². The van der Waals surface area contributed by atoms with Gasteiger partial charge in [-0.1, -0.05) is 38.1 Å². The van der Waals surface area contributed by atoms with E-state index in [0.717, 1.165) is 18.5 Å². The molecule has 2 amide bonds. The van der Waals surface area contributed by atoms with Crippen molar-refractivity contribution in [2.24, 2.45) is 17.6 Å². The van der Waals surface area contributed by atoms with Crippen molar-refractivity contribution < 1.29 is 9.59 Å². The van der Waals surface area contributed by atoms with Gasteiger partial charge in [0.15, 0.2) is 0 Å². The van der Waals surface area contributed by atoms with E-state index in [-0.39, 0.29) is 23.7 Å². The molecule has 23 heavy (non-hydrogen) atoms. The molecule has 1 aromatic rings. The van der Waals surface area contributed by atoms with E-state index in [1.807, 2.05) is 18.9 Å². The molecule has 0 unspecified atom stereocenters. The monoisotopic (exact) mass is 317 g/mol. The number of rotatable bonds is 6. The predicted octanol–water partition coefficient (Wildman–Crippen LogP) is 1.26. The van der Waals surface area contributed by atoms with Crippen LogP contribution in [0.5, 0.6) is 0 Å². The maximum Gasteiger partial charge on any atom is 0.236 e. The highest BCUT2D eigenvalue weighted by molar-refractivity contribution is 5.79. The second kappa shape index (κ2) is 7.59. The lowest BCUT2D eigenvalue weighted by Crippen LogP contribution is -2.37. The molecule has 5 nitrogen and oxygen atoms in total. The van der Waals surface area contributed by atoms with Crippen LogP contribution in [-0.2, 0) is 22.6 Å². The molecule has 126 valence electrons. The molecule has 0 saturated carbocycles. The Morgan fingerprint density at radius 1 is 1.22 bits per heavy atom. The molecule has 0 spiro atoms. The van der Waals surface area contributed by atoms with E-state index in [1.165, 1.54) is 5.56 Å². The molecule has 0 aromatic heterocycles. The first-order valence-electron chi connectivity index (χ1n) is 8.24. The molecule has 2 rings (SSSR count). The molecule has 2 atom stereocenters. The first-order valence-corrected chi connectivity index (χ1v) is 8.24. The molecule has 2 N–H and O–H groups in total. The molecule has 0 aliphatic carbocycles. The molecule has 1 heterocycles. The number of carbonyl (C=O) groups is 2. The first kappa shape index (κ1) is 17.5. The maximum atomic E-state index is 12.4. The Hall–Kier alpha value is -1.88. The third-order valence-corrected chi connectivity index (χ3v) is 4.69. The second-order valence-electron chi connectivity index (χ2n) is 6.60. The number of primary amides is 1. The molecule has 1 aliphatic heterocycles. The van der Waals surface area contributed by atoms with Gasteiger partial charge in [0.1, 0.15) is 0 Å². The van der Waals surface area contributed by atoms with Crippen LogP contribution >= 0.6 is 0 Å². The minimum atomic E-state index is -0.267. The van der Waals surface area contributed by atoms with Crippen molar-refractivity contribution in [3.8, 4) is 0 Å². The number of amides is 2. The van der Waals surface area contributed by atoms with Gasteiger partial charge in [-0.2, -0.15) is 0 Å². The fraction of sp³-hybridized carbons (Fsp3) is 0.556. The highest BCUT2D eigenvalue weighted by Crippen LogP contribution is 2.22. The second-order valence-corrected chi connectivity index (χ2v) is 6.60. The lowest BCUT2D eigenvalue weighted by molar-refractivity contribution is -0.131. The fourth-order valence-electron chi connectivity index (χ4n) is 3.12. The normalized spacial score (nSPS) is 21.3. The molecular weight excluding hydrogens is 290 g/mol. The number of hydrogen-bond acceptors (Lipinski definition) is 3. The van der Waals surface area contributed by atoms with E-state index in [4.69, 9.17) is 5.73 Å². The van der Waals surface area contributed by atoms with Crippen LogP contribution in [0.25, 0.3) is 0 Å². The molecule has 5 heteroatoms. The van der Waals surface area contributed by atoms with E-state index in [9.17, 15) is 9.59 Å². The summed E-state index contributed by atoms with van der Waals surface area (Å²) in [4.78, 5) is 27.5. The maximum absolute atomic E-state index is 12.4. The van der Waals surface area contributed by atoms with Crippen molar-refractivity contribution in [1.82, 2.24) is 9.80 Å². The highest BCUT2D eigenvalue weighted by Gasteiger charge is 2.34. The van der Waals surface area contributed by atoms with Crippen molar-refractivity contribution in [3.05, 3.63) is 35.4 Å². The molecule has 1 saturated heterocycles. The fourth-order valence-corrected chi connectivity index (χ4v) is 3.12. The summed E-state index contributed by atoms with van der Waals surface area (Å²) >= 11 is 0. The molecule has 1 aromatic carbocycles. The van der Waals surface area contributed by atoms with Gasteiger partial charge in [0.25, 0.3) is 0 Å². The lowest BCUT2D eigenvalue weighted by atomic mass is 9.98. The van der Waals surface area contributed by atoms with Gasteiger partial charge in [-0.05, 0) is 23.5 Å². The van der Waals surface area contributed by atoms with Crippen LogP contribution in [0, 0.1) is 11.8 Å². The topological polar surface area (TPSA) is 66.6 Å². The summed E-state index contributed by atoms with van der Waals surface area (Å²) in [5.74, 6) is -0.124. The van der Waals surface area contributed by atoms with Crippen molar-refractivity contribution in [2.75, 3.05) is 26.7 Å². The van der Waals surface area contributed by atoms with Crippen LogP contribution < -0.4 is 5.73 Å². The predicted molar refractivity (Wildman–Crippen MR) is 90.6 cm³/mol. The third-order valence-electron chi connectivity index (χ3n) is 4.69. The molecule has 0 bridgehead atoms. The highest BCUT2D eigenvalue weighted by atomic mass is 16.2. The van der Waals surface area contributed by atoms with Crippen molar-refractivity contribution in [3.63, 3.8) is 0 Å². The number of nitrogens with two attached hydrogens (primary N) is 1. The smallest absolute Gasteiger partial charge is 0.236 e. The SMILES string of the molecule is CCc1ccc(CN(C)C(=O)CN2C[C@@H](C)[C@H](C(N)=O)C2)cc1. The number of benzene rings is 1. The Kier molecular flexibility index (Phi) is 5.77. The molecular formula is C18H27N3O2. The quantitative estimate of drug-likeness (QED) is 0.859. The average molecular weight is 317 g/mol. The summed E-state index contributed by atoms with van der Waals surface area (Å²) in [6.07, 6.45) is 1.02. The number of hydrogen-bond donors (Lipinski definition) is 1. The van der Waals surface area contributed by atoms with Crippen molar-refractivity contribution >= 4 is 11.8 Å². The van der Waals surface area contributed by atoms with E-state index in [1.54, 1.807) is 4.90 Å². The van der Waals surface area contributed by atoms with Crippen molar-refractivity contribution in [2.45, 2.75) is 26.8 Å². The summed E-state index contributed by atoms with van der Waals surface area (Å²) in [5, 5.41) is 0. The van der Waals surface area contributed by atoms with Crippen LogP contribution in [0.1, 0.15) is 25.0 Å². The third kappa shape index (κ3) is 4.55. The number of likely N-dealkylation sites (tertiary alicyclic amines) is 1. The van der Waals surface area contributed by atoms with E-state index in [0.29, 0.717) is 19.6 Å². The van der Waals surface area contributed by atoms with E-state index in [2.05, 4.69) is 31.2 Å². The summed E-state index contributed by atoms with van der Waals surface area (Å²) in [7, 11) is 1.82. The Balaban J connectivity index is 1.86. The minimum Gasteiger partial charge on any atom is -0.369 e. The standard InChI is InChI=1S/C18H27N3O2/c1-4-14-5-7-15(8-6-14)10-20(3)17(22)12-21-9-13(2)16(11-21)18(19)23/h5-8,13,16H,4,9-12H2,1-3H3,(H2,19,23)/t13-,16-/m1/s1. The van der Waals surface area contributed by atoms with Gasteiger partial charge in [-0.15, -0.1) is 0 Å². The summed E-state index contributed by atoms with van der Waals surface area (Å²) in [6, 6.07) is 8.35. The summed E-state index contributed by atoms with van der Waals surface area (Å²) in [6.45, 7) is 6.42. The van der Waals surface area contributed by atoms with E-state index >= 15 is 0 Å². The van der Waals surface area contributed by atoms with Crippen LogP contribution in [0.15, 0.2) is 24.3 Å². The van der Waals surface area contributed by atoms with Crippen LogP contribution in [-0.4, -0.2) is 48.3 Å². The van der Waals surface area contributed by atoms with Gasteiger partial charge < -0.3 is 10.6 Å². The van der Waals surface area contributed by atoms with Gasteiger partial charge in [-0.25, -0.2) is 0 Å². The summed E-state index contributed by atoms with van der Waals surface area (Å²) < 4.78 is 0. The Morgan fingerprint density at radius 2 is 1.83 bits per heavy atom. The number of carbonyl (C=O) groups excluding carboxylic acids is 2. The van der Waals surface area contributed by atoms with Crippen LogP contribution in [0.3, 0.4) is 0 Å². The largest absolute Gasteiger partial charge is 0.369 e. The van der Waals surface area contributed by atoms with Gasteiger partial charge in [-0.3, -0.25) is 14.5 Å². The number of likely N-dealkylation sites (N-methyl/N-ethyl adjacent to an activating group) is 1. The zero-order valence-corrected chi connectivity index (χ0v) is 14.3. The zero-order valence-electron chi connectivity index (χ0n) is 14.3. The van der Waals surface area contributed by atoms with Gasteiger partial charge in [0, 0.05) is 26.7 Å². The zero-order chi connectivity index (χ0) is 17.0. The molecule has 0 radical (unpaired) electrons. The lowest BCUT2D eigenvalue weighted by Gasteiger charge is -2.21. The first-order chi connectivity index (χ1) is 10.9. The molecule has 1 fully saturated rings. The minimum absolute atomic E-state index is 0.0712. The number of nitrogens with zero attached hydrogens (tertiary/aromatic N) is 2. The Morgan fingerprint density at radius 3 is 2.35 bits per heavy atom. The van der Waals surface area contributed by atoms with Crippen LogP contribution in [0.4, 0.5) is 0 Å². The Labute approximate surface area is 138 Å². The van der Waals surface area contributed by atoms with Crippen LogP contribution in [0.2, 0.25) is 0 Å². The van der Waals surface area contributed by atoms with Crippen molar-refractivity contribution in [1.29, 1.82) is 0 Å². The molecule has 1 aliphatic rings. The van der Waals surface area contributed by atoms with Gasteiger partial charge in [0.2, 0.25) is 11.8 Å². The number of aryl methyl sites for hydroxylation is 1. The van der Waals surface area contributed by atoms with Gasteiger partial charge in [0.05, 0.1) is 12.5 Å². The van der Waals surface area contributed by atoms with E-state index < -0.39 is 0 Å². The average Bonchev–Trinajstić information content (AvgIpc) is 2.88. The summed E-state index contributed by atoms with van der Waals surface area (Å²) in [5.41, 5.74) is 7.83.